The predicted molar refractivity (Wildman–Crippen MR) is 97.8 cm³/mol. The van der Waals surface area contributed by atoms with Gasteiger partial charge in [0.2, 0.25) is 0 Å². The van der Waals surface area contributed by atoms with Crippen LogP contribution in [-0.2, 0) is 16.1 Å². The Hall–Kier alpha value is -3.13. The molecule has 2 aromatic carbocycles. The molecule has 1 amide bonds. The van der Waals surface area contributed by atoms with Gasteiger partial charge in [-0.2, -0.15) is 0 Å². The lowest BCUT2D eigenvalue weighted by molar-refractivity contribution is -0.386. The Bertz CT molecular complexity index is 871. The van der Waals surface area contributed by atoms with Crippen molar-refractivity contribution in [2.24, 2.45) is 0 Å². The van der Waals surface area contributed by atoms with Crippen LogP contribution in [0, 0.1) is 10.1 Å². The minimum atomic E-state index is -1.00. The fourth-order valence-corrected chi connectivity index (χ4v) is 2.42. The molecule has 0 bridgehead atoms. The Morgan fingerprint density at radius 3 is 2.59 bits per heavy atom. The molecule has 0 aromatic heterocycles. The molecule has 0 saturated heterocycles. The summed E-state index contributed by atoms with van der Waals surface area (Å²) in [6, 6.07) is 10.6. The van der Waals surface area contributed by atoms with E-state index in [2.05, 4.69) is 10.1 Å². The number of halogens is 1. The fourth-order valence-electron chi connectivity index (χ4n) is 2.22. The van der Waals surface area contributed by atoms with Gasteiger partial charge in [-0.1, -0.05) is 29.8 Å². The van der Waals surface area contributed by atoms with Gasteiger partial charge < -0.3 is 14.8 Å². The first kappa shape index (κ1) is 20.2. The zero-order valence-corrected chi connectivity index (χ0v) is 15.4. The Balaban J connectivity index is 2.08. The first-order chi connectivity index (χ1) is 12.8. The van der Waals surface area contributed by atoms with Gasteiger partial charge in [-0.25, -0.2) is 4.79 Å². The lowest BCUT2D eigenvalue weighted by atomic mass is 10.2. The van der Waals surface area contributed by atoms with Crippen molar-refractivity contribution < 1.29 is 24.0 Å². The standard InChI is InChI=1S/C18H17ClN2O6/c1-11(17(22)20-10-13-5-3-4-6-14(13)19)27-16-8-7-12(18(23)26-2)9-15(16)21(24)25/h3-9,11H,10H2,1-2H3,(H,20,22)/t11-/m0/s1. The third-order valence-corrected chi connectivity index (χ3v) is 4.03. The molecule has 0 unspecified atom stereocenters. The highest BCUT2D eigenvalue weighted by Gasteiger charge is 2.23. The topological polar surface area (TPSA) is 108 Å². The molecule has 27 heavy (non-hydrogen) atoms. The van der Waals surface area contributed by atoms with E-state index >= 15 is 0 Å². The zero-order valence-electron chi connectivity index (χ0n) is 14.6. The molecule has 0 saturated carbocycles. The molecule has 1 N–H and O–H groups in total. The molecule has 9 heteroatoms. The van der Waals surface area contributed by atoms with Crippen LogP contribution in [0.15, 0.2) is 42.5 Å². The van der Waals surface area contributed by atoms with Crippen molar-refractivity contribution in [2.45, 2.75) is 19.6 Å². The minimum absolute atomic E-state index is 0.00683. The Morgan fingerprint density at radius 1 is 1.26 bits per heavy atom. The number of nitrogens with one attached hydrogen (secondary N) is 1. The number of nitro groups is 1. The number of rotatable bonds is 7. The van der Waals surface area contributed by atoms with Crippen molar-refractivity contribution in [2.75, 3.05) is 7.11 Å². The van der Waals surface area contributed by atoms with E-state index in [-0.39, 0.29) is 17.9 Å². The molecule has 8 nitrogen and oxygen atoms in total. The smallest absolute Gasteiger partial charge is 0.338 e. The molecule has 1 atom stereocenters. The predicted octanol–water partition coefficient (Wildman–Crippen LogP) is 3.12. The number of hydrogen-bond donors (Lipinski definition) is 1. The molecular weight excluding hydrogens is 376 g/mol. The van der Waals surface area contributed by atoms with Crippen molar-refractivity contribution in [3.8, 4) is 5.75 Å². The van der Waals surface area contributed by atoms with E-state index in [1.54, 1.807) is 24.3 Å². The van der Waals surface area contributed by atoms with Crippen molar-refractivity contribution in [1.29, 1.82) is 0 Å². The number of benzene rings is 2. The first-order valence-corrected chi connectivity index (χ1v) is 8.25. The van der Waals surface area contributed by atoms with E-state index in [9.17, 15) is 19.7 Å². The lowest BCUT2D eigenvalue weighted by Crippen LogP contribution is -2.36. The van der Waals surface area contributed by atoms with Gasteiger partial charge in [0.05, 0.1) is 17.6 Å². The van der Waals surface area contributed by atoms with Crippen molar-refractivity contribution >= 4 is 29.2 Å². The van der Waals surface area contributed by atoms with Crippen LogP contribution in [0.4, 0.5) is 5.69 Å². The monoisotopic (exact) mass is 392 g/mol. The lowest BCUT2D eigenvalue weighted by Gasteiger charge is -2.15. The summed E-state index contributed by atoms with van der Waals surface area (Å²) in [5.74, 6) is -1.32. The molecule has 2 rings (SSSR count). The van der Waals surface area contributed by atoms with Gasteiger partial charge in [0.25, 0.3) is 5.91 Å². The third kappa shape index (κ3) is 5.18. The largest absolute Gasteiger partial charge is 0.474 e. The van der Waals surface area contributed by atoms with E-state index in [4.69, 9.17) is 16.3 Å². The maximum Gasteiger partial charge on any atom is 0.338 e. The van der Waals surface area contributed by atoms with E-state index in [0.717, 1.165) is 11.6 Å². The van der Waals surface area contributed by atoms with E-state index in [1.807, 2.05) is 0 Å². The molecule has 142 valence electrons. The Morgan fingerprint density at radius 2 is 1.96 bits per heavy atom. The molecule has 0 aliphatic carbocycles. The zero-order chi connectivity index (χ0) is 20.0. The van der Waals surface area contributed by atoms with E-state index in [0.29, 0.717) is 5.02 Å². The fraction of sp³-hybridized carbons (Fsp3) is 0.222. The summed E-state index contributed by atoms with van der Waals surface area (Å²) >= 11 is 6.03. The van der Waals surface area contributed by atoms with Crippen LogP contribution in [0.2, 0.25) is 5.02 Å². The summed E-state index contributed by atoms with van der Waals surface area (Å²) in [5, 5.41) is 14.4. The second-order valence-corrected chi connectivity index (χ2v) is 5.91. The summed E-state index contributed by atoms with van der Waals surface area (Å²) in [7, 11) is 1.17. The summed E-state index contributed by atoms with van der Waals surface area (Å²) in [4.78, 5) is 34.3. The van der Waals surface area contributed by atoms with Crippen molar-refractivity contribution in [1.82, 2.24) is 5.32 Å². The van der Waals surface area contributed by atoms with Gasteiger partial charge in [0.15, 0.2) is 11.9 Å². The van der Waals surface area contributed by atoms with Gasteiger partial charge in [-0.3, -0.25) is 14.9 Å². The van der Waals surface area contributed by atoms with E-state index < -0.39 is 28.6 Å². The second-order valence-electron chi connectivity index (χ2n) is 5.50. The molecule has 0 spiro atoms. The van der Waals surface area contributed by atoms with Gasteiger partial charge in [0, 0.05) is 17.6 Å². The number of nitrogens with zero attached hydrogens (tertiary/aromatic N) is 1. The van der Waals surface area contributed by atoms with Crippen LogP contribution in [-0.4, -0.2) is 30.0 Å². The van der Waals surface area contributed by atoms with Crippen molar-refractivity contribution in [3.63, 3.8) is 0 Å². The average Bonchev–Trinajstić information content (AvgIpc) is 2.66. The van der Waals surface area contributed by atoms with Crippen LogP contribution in [0.5, 0.6) is 5.75 Å². The van der Waals surface area contributed by atoms with Crippen LogP contribution < -0.4 is 10.1 Å². The van der Waals surface area contributed by atoms with Gasteiger partial charge >= 0.3 is 11.7 Å². The van der Waals surface area contributed by atoms with Crippen LogP contribution in [0.1, 0.15) is 22.8 Å². The minimum Gasteiger partial charge on any atom is -0.474 e. The highest BCUT2D eigenvalue weighted by molar-refractivity contribution is 6.31. The summed E-state index contributed by atoms with van der Waals surface area (Å²) in [6.07, 6.45) is -1.00. The van der Waals surface area contributed by atoms with Gasteiger partial charge in [0.1, 0.15) is 0 Å². The molecule has 0 aliphatic rings. The molecule has 0 radical (unpaired) electrons. The number of carbonyl (C=O) groups excluding carboxylic acids is 2. The van der Waals surface area contributed by atoms with Gasteiger partial charge in [-0.15, -0.1) is 0 Å². The molecular formula is C18H17ClN2O6. The summed E-state index contributed by atoms with van der Waals surface area (Å²) in [6.45, 7) is 1.65. The molecule has 0 heterocycles. The van der Waals surface area contributed by atoms with E-state index in [1.165, 1.54) is 26.2 Å². The number of amides is 1. The average molecular weight is 393 g/mol. The SMILES string of the molecule is COC(=O)c1ccc(O[C@@H](C)C(=O)NCc2ccccc2Cl)c([N+](=O)[O-])c1. The quantitative estimate of drug-likeness (QED) is 0.440. The number of methoxy groups -OCH3 is 1. The number of hydrogen-bond acceptors (Lipinski definition) is 6. The maximum atomic E-state index is 12.2. The molecule has 0 aliphatic heterocycles. The first-order valence-electron chi connectivity index (χ1n) is 7.88. The number of esters is 1. The molecule has 2 aromatic rings. The number of nitro benzene ring substituents is 1. The third-order valence-electron chi connectivity index (χ3n) is 3.66. The van der Waals surface area contributed by atoms with Crippen LogP contribution in [0.25, 0.3) is 0 Å². The van der Waals surface area contributed by atoms with Crippen LogP contribution in [0.3, 0.4) is 0 Å². The van der Waals surface area contributed by atoms with Crippen molar-refractivity contribution in [3.05, 3.63) is 68.7 Å². The highest BCUT2D eigenvalue weighted by atomic mass is 35.5. The maximum absolute atomic E-state index is 12.2. The Kier molecular flexibility index (Phi) is 6.73. The normalized spacial score (nSPS) is 11.4. The van der Waals surface area contributed by atoms with Crippen LogP contribution >= 0.6 is 11.6 Å². The van der Waals surface area contributed by atoms with Gasteiger partial charge in [-0.05, 0) is 30.7 Å². The highest BCUT2D eigenvalue weighted by Crippen LogP contribution is 2.29. The summed E-state index contributed by atoms with van der Waals surface area (Å²) in [5.41, 5.74) is 0.296. The Labute approximate surface area is 160 Å². The molecule has 0 fully saturated rings. The summed E-state index contributed by atoms with van der Waals surface area (Å²) < 4.78 is 9.95. The number of carbonyl (C=O) groups is 2. The number of ether oxygens (including phenoxy) is 2. The second kappa shape index (κ2) is 9.00.